The van der Waals surface area contributed by atoms with Gasteiger partial charge < -0.3 is 8.83 Å². The van der Waals surface area contributed by atoms with Gasteiger partial charge in [-0.15, -0.1) is 21.5 Å². The fourth-order valence-electron chi connectivity index (χ4n) is 3.96. The van der Waals surface area contributed by atoms with Gasteiger partial charge in [-0.2, -0.15) is 0 Å². The molecule has 1 aliphatic rings. The Hall–Kier alpha value is -4.12. The number of aromatic nitrogens is 4. The Bertz CT molecular complexity index is 1580. The number of nitrogens with zero attached hydrogens (tertiary/aromatic N) is 4. The molecule has 1 N–H and O–H groups in total. The van der Waals surface area contributed by atoms with Crippen LogP contribution in [0.1, 0.15) is 30.3 Å². The van der Waals surface area contributed by atoms with Crippen molar-refractivity contribution in [1.82, 2.24) is 25.1 Å². The highest BCUT2D eigenvalue weighted by Gasteiger charge is 2.31. The Kier molecular flexibility index (Phi) is 4.44. The minimum absolute atomic E-state index is 0.158. The second-order valence-corrected chi connectivity index (χ2v) is 8.70. The molecule has 0 saturated carbocycles. The van der Waals surface area contributed by atoms with E-state index in [1.807, 2.05) is 24.3 Å². The summed E-state index contributed by atoms with van der Waals surface area (Å²) in [5.74, 6) is -0.775. The monoisotopic (exact) mass is 461 g/mol. The summed E-state index contributed by atoms with van der Waals surface area (Å²) in [5, 5.41) is 11.2. The van der Waals surface area contributed by atoms with Gasteiger partial charge in [-0.3, -0.25) is 19.5 Å². The lowest BCUT2D eigenvalue weighted by atomic mass is 10.1. The number of rotatable bonds is 4. The number of piperidine rings is 1. The standard InChI is InChI=1S/C22H15N5O5S/c28-17-8-6-13(19(29)24-17)27-14-9-11(5-7-15(14)31-22(27)30)10-18-25-26-20(32-18)21-23-12-3-1-2-4-16(12)33-21/h1-5,7,9,13H,6,8,10H2,(H,24,28,29). The molecule has 4 heterocycles. The van der Waals surface area contributed by atoms with Crippen molar-refractivity contribution in [2.45, 2.75) is 25.3 Å². The highest BCUT2D eigenvalue weighted by atomic mass is 32.1. The van der Waals surface area contributed by atoms with E-state index in [2.05, 4.69) is 20.5 Å². The van der Waals surface area contributed by atoms with Crippen molar-refractivity contribution in [2.24, 2.45) is 0 Å². The van der Waals surface area contributed by atoms with Crippen molar-refractivity contribution in [2.75, 3.05) is 0 Å². The van der Waals surface area contributed by atoms with E-state index in [0.717, 1.165) is 15.8 Å². The van der Waals surface area contributed by atoms with Crippen LogP contribution in [0.4, 0.5) is 0 Å². The highest BCUT2D eigenvalue weighted by molar-refractivity contribution is 7.21. The molecule has 1 unspecified atom stereocenters. The highest BCUT2D eigenvalue weighted by Crippen LogP contribution is 2.30. The number of fused-ring (bicyclic) bond motifs is 2. The van der Waals surface area contributed by atoms with E-state index in [-0.39, 0.29) is 18.7 Å². The van der Waals surface area contributed by atoms with Crippen LogP contribution in [0.5, 0.6) is 0 Å². The second kappa shape index (κ2) is 7.48. The van der Waals surface area contributed by atoms with Crippen molar-refractivity contribution in [1.29, 1.82) is 0 Å². The Morgan fingerprint density at radius 2 is 1.97 bits per heavy atom. The minimum atomic E-state index is -0.805. The molecule has 1 atom stereocenters. The van der Waals surface area contributed by atoms with E-state index in [1.54, 1.807) is 18.2 Å². The van der Waals surface area contributed by atoms with Crippen molar-refractivity contribution in [3.05, 3.63) is 64.5 Å². The van der Waals surface area contributed by atoms with E-state index < -0.39 is 17.7 Å². The van der Waals surface area contributed by atoms with Crippen LogP contribution in [-0.4, -0.2) is 31.6 Å². The normalized spacial score (nSPS) is 16.5. The summed E-state index contributed by atoms with van der Waals surface area (Å²) in [4.78, 5) is 40.8. The van der Waals surface area contributed by atoms with Gasteiger partial charge in [0.1, 0.15) is 6.04 Å². The molecule has 0 bridgehead atoms. The lowest BCUT2D eigenvalue weighted by Crippen LogP contribution is -2.43. The second-order valence-electron chi connectivity index (χ2n) is 7.67. The fraction of sp³-hybridized carbons (Fsp3) is 0.182. The van der Waals surface area contributed by atoms with Crippen molar-refractivity contribution in [3.8, 4) is 10.9 Å². The maximum absolute atomic E-state index is 12.5. The molecule has 2 aromatic carbocycles. The molecule has 0 radical (unpaired) electrons. The van der Waals surface area contributed by atoms with Crippen LogP contribution in [0.25, 0.3) is 32.2 Å². The zero-order valence-corrected chi connectivity index (χ0v) is 17.8. The van der Waals surface area contributed by atoms with Crippen LogP contribution < -0.4 is 11.1 Å². The largest absolute Gasteiger partial charge is 0.420 e. The average Bonchev–Trinajstić information content (AvgIpc) is 3.50. The van der Waals surface area contributed by atoms with Crippen molar-refractivity contribution < 1.29 is 18.4 Å². The lowest BCUT2D eigenvalue weighted by molar-refractivity contribution is -0.135. The number of para-hydroxylation sites is 1. The Morgan fingerprint density at radius 3 is 2.82 bits per heavy atom. The summed E-state index contributed by atoms with van der Waals surface area (Å²) in [6.45, 7) is 0. The van der Waals surface area contributed by atoms with E-state index in [9.17, 15) is 14.4 Å². The lowest BCUT2D eigenvalue weighted by Gasteiger charge is -2.21. The maximum atomic E-state index is 12.5. The van der Waals surface area contributed by atoms with Gasteiger partial charge in [-0.25, -0.2) is 9.78 Å². The van der Waals surface area contributed by atoms with Gasteiger partial charge in [0.15, 0.2) is 10.6 Å². The summed E-state index contributed by atoms with van der Waals surface area (Å²) < 4.78 is 13.5. The van der Waals surface area contributed by atoms with Crippen LogP contribution >= 0.6 is 11.3 Å². The third kappa shape index (κ3) is 3.42. The molecular formula is C22H15N5O5S. The zero-order valence-electron chi connectivity index (χ0n) is 17.0. The van der Waals surface area contributed by atoms with Crippen molar-refractivity contribution in [3.63, 3.8) is 0 Å². The molecule has 1 fully saturated rings. The van der Waals surface area contributed by atoms with Gasteiger partial charge in [0, 0.05) is 6.42 Å². The van der Waals surface area contributed by atoms with E-state index in [4.69, 9.17) is 8.83 Å². The molecule has 11 heteroatoms. The number of hydrogen-bond acceptors (Lipinski definition) is 9. The minimum Gasteiger partial charge on any atom is -0.418 e. The predicted octanol–water partition coefficient (Wildman–Crippen LogP) is 2.82. The summed E-state index contributed by atoms with van der Waals surface area (Å²) >= 11 is 1.47. The number of thiazole rings is 1. The first-order valence-corrected chi connectivity index (χ1v) is 11.0. The molecule has 0 spiro atoms. The first kappa shape index (κ1) is 19.6. The van der Waals surface area contributed by atoms with Crippen molar-refractivity contribution >= 4 is 44.5 Å². The Labute approximate surface area is 188 Å². The summed E-state index contributed by atoms with van der Waals surface area (Å²) in [6, 6.07) is 12.2. The molecule has 6 rings (SSSR count). The van der Waals surface area contributed by atoms with E-state index >= 15 is 0 Å². The first-order valence-electron chi connectivity index (χ1n) is 10.2. The summed E-state index contributed by atoms with van der Waals surface area (Å²) in [7, 11) is 0. The molecule has 0 aliphatic carbocycles. The van der Waals surface area contributed by atoms with Gasteiger partial charge >= 0.3 is 5.76 Å². The smallest absolute Gasteiger partial charge is 0.418 e. The van der Waals surface area contributed by atoms with E-state index in [1.165, 1.54) is 15.9 Å². The molecular weight excluding hydrogens is 446 g/mol. The van der Waals surface area contributed by atoms with Gasteiger partial charge in [-0.05, 0) is 36.2 Å². The van der Waals surface area contributed by atoms with Crippen LogP contribution in [0, 0.1) is 0 Å². The van der Waals surface area contributed by atoms with Crippen LogP contribution in [-0.2, 0) is 16.0 Å². The molecule has 1 saturated heterocycles. The molecule has 1 aliphatic heterocycles. The Balaban J connectivity index is 1.31. The predicted molar refractivity (Wildman–Crippen MR) is 118 cm³/mol. The molecule has 3 aromatic heterocycles. The third-order valence-corrected chi connectivity index (χ3v) is 6.52. The fourth-order valence-corrected chi connectivity index (χ4v) is 4.85. The van der Waals surface area contributed by atoms with Crippen LogP contribution in [0.15, 0.2) is 56.1 Å². The van der Waals surface area contributed by atoms with Crippen LogP contribution in [0.2, 0.25) is 0 Å². The maximum Gasteiger partial charge on any atom is 0.420 e. The number of benzene rings is 2. The topological polar surface area (TPSA) is 133 Å². The molecule has 2 amide bonds. The number of carbonyl (C=O) groups excluding carboxylic acids is 2. The molecule has 33 heavy (non-hydrogen) atoms. The molecule has 164 valence electrons. The molecule has 5 aromatic rings. The number of oxazole rings is 1. The van der Waals surface area contributed by atoms with Gasteiger partial charge in [0.2, 0.25) is 17.7 Å². The quantitative estimate of drug-likeness (QED) is 0.404. The number of carbonyl (C=O) groups is 2. The van der Waals surface area contributed by atoms with Crippen LogP contribution in [0.3, 0.4) is 0 Å². The number of hydrogen-bond donors (Lipinski definition) is 1. The average molecular weight is 461 g/mol. The summed E-state index contributed by atoms with van der Waals surface area (Å²) in [5.41, 5.74) is 2.49. The van der Waals surface area contributed by atoms with Gasteiger partial charge in [0.25, 0.3) is 5.89 Å². The van der Waals surface area contributed by atoms with Gasteiger partial charge in [0.05, 0.1) is 22.2 Å². The Morgan fingerprint density at radius 1 is 1.09 bits per heavy atom. The summed E-state index contributed by atoms with van der Waals surface area (Å²) in [6.07, 6.45) is 0.715. The molecule has 10 nitrogen and oxygen atoms in total. The number of amides is 2. The number of imide groups is 1. The van der Waals surface area contributed by atoms with E-state index in [0.29, 0.717) is 34.3 Å². The number of nitrogens with one attached hydrogen (secondary N) is 1. The zero-order chi connectivity index (χ0) is 22.5. The first-order chi connectivity index (χ1) is 16.0. The van der Waals surface area contributed by atoms with Gasteiger partial charge in [-0.1, -0.05) is 18.2 Å². The SMILES string of the molecule is O=C1CCC(n2c(=O)oc3ccc(Cc4nnc(-c5nc6ccccc6s5)o4)cc32)C(=O)N1. The third-order valence-electron chi connectivity index (χ3n) is 5.50.